The van der Waals surface area contributed by atoms with Crippen LogP contribution in [-0.4, -0.2) is 30.4 Å². The number of likely N-dealkylation sites (N-methyl/N-ethyl adjacent to an activating group) is 1. The van der Waals surface area contributed by atoms with E-state index in [1.807, 2.05) is 13.8 Å². The number of carbonyl (C=O) groups excluding carboxylic acids is 1. The summed E-state index contributed by atoms with van der Waals surface area (Å²) in [6, 6.07) is 4.66. The van der Waals surface area contributed by atoms with Crippen molar-refractivity contribution >= 4 is 5.91 Å². The maximum atomic E-state index is 12.5. The maximum absolute atomic E-state index is 12.5. The summed E-state index contributed by atoms with van der Waals surface area (Å²) < 4.78 is 37.5. The fraction of sp³-hybridized carbons (Fsp3) is 0.562. The van der Waals surface area contributed by atoms with Crippen LogP contribution in [0.2, 0.25) is 0 Å². The summed E-state index contributed by atoms with van der Waals surface area (Å²) in [4.78, 5) is 13.8. The maximum Gasteiger partial charge on any atom is 0.416 e. The van der Waals surface area contributed by atoms with Gasteiger partial charge < -0.3 is 5.32 Å². The molecule has 1 unspecified atom stereocenters. The highest BCUT2D eigenvalue weighted by molar-refractivity contribution is 5.81. The molecule has 3 nitrogen and oxygen atoms in total. The van der Waals surface area contributed by atoms with Crippen molar-refractivity contribution in [1.29, 1.82) is 0 Å². The van der Waals surface area contributed by atoms with Gasteiger partial charge in [0.25, 0.3) is 0 Å². The molecule has 0 heterocycles. The van der Waals surface area contributed by atoms with Crippen LogP contribution in [0.4, 0.5) is 13.2 Å². The second-order valence-electron chi connectivity index (χ2n) is 5.92. The second-order valence-corrected chi connectivity index (χ2v) is 5.92. The molecule has 1 aromatic rings. The number of carbonyl (C=O) groups is 1. The van der Waals surface area contributed by atoms with Gasteiger partial charge in [0.15, 0.2) is 0 Å². The molecule has 0 aliphatic rings. The number of alkyl halides is 3. The zero-order valence-corrected chi connectivity index (χ0v) is 13.4. The highest BCUT2D eigenvalue weighted by Crippen LogP contribution is 2.29. The van der Waals surface area contributed by atoms with E-state index in [2.05, 4.69) is 5.32 Å². The van der Waals surface area contributed by atoms with E-state index in [-0.39, 0.29) is 11.9 Å². The van der Waals surface area contributed by atoms with Gasteiger partial charge in [-0.25, -0.2) is 0 Å². The topological polar surface area (TPSA) is 32.3 Å². The first-order valence-corrected chi connectivity index (χ1v) is 7.25. The molecule has 124 valence electrons. The molecule has 0 aliphatic carbocycles. The highest BCUT2D eigenvalue weighted by atomic mass is 19.4. The van der Waals surface area contributed by atoms with Crippen molar-refractivity contribution in [2.45, 2.75) is 39.5 Å². The molecule has 6 heteroatoms. The molecular formula is C16H23F3N2O. The van der Waals surface area contributed by atoms with Crippen molar-refractivity contribution in [1.82, 2.24) is 10.2 Å². The predicted octanol–water partition coefficient (Wildman–Crippen LogP) is 3.30. The molecule has 0 aliphatic heterocycles. The molecule has 0 bridgehead atoms. The standard InChI is InChI=1S/C16H23F3N2O/c1-11(2)9-20-15(22)12(3)21(4)10-13-5-7-14(8-6-13)16(17,18)19/h5-8,11-12H,9-10H2,1-4H3,(H,20,22). The fourth-order valence-electron chi connectivity index (χ4n) is 1.88. The highest BCUT2D eigenvalue weighted by Gasteiger charge is 2.30. The third kappa shape index (κ3) is 5.67. The molecule has 1 rings (SSSR count). The Bertz CT molecular complexity index is 483. The number of nitrogens with zero attached hydrogens (tertiary/aromatic N) is 1. The van der Waals surface area contributed by atoms with Crippen LogP contribution in [-0.2, 0) is 17.5 Å². The van der Waals surface area contributed by atoms with Gasteiger partial charge in [0.05, 0.1) is 11.6 Å². The van der Waals surface area contributed by atoms with E-state index in [1.54, 1.807) is 18.9 Å². The Kier molecular flexibility index (Phi) is 6.41. The van der Waals surface area contributed by atoms with Crippen LogP contribution < -0.4 is 5.32 Å². The zero-order valence-electron chi connectivity index (χ0n) is 13.4. The summed E-state index contributed by atoms with van der Waals surface area (Å²) in [7, 11) is 1.78. The van der Waals surface area contributed by atoms with Crippen LogP contribution in [0.25, 0.3) is 0 Å². The lowest BCUT2D eigenvalue weighted by molar-refractivity contribution is -0.137. The van der Waals surface area contributed by atoms with Crippen LogP contribution >= 0.6 is 0 Å². The van der Waals surface area contributed by atoms with E-state index >= 15 is 0 Å². The van der Waals surface area contributed by atoms with Crippen molar-refractivity contribution in [2.24, 2.45) is 5.92 Å². The molecule has 0 saturated carbocycles. The van der Waals surface area contributed by atoms with Crippen LogP contribution in [0.3, 0.4) is 0 Å². The molecule has 0 radical (unpaired) electrons. The van der Waals surface area contributed by atoms with E-state index in [9.17, 15) is 18.0 Å². The molecule has 0 aromatic heterocycles. The quantitative estimate of drug-likeness (QED) is 0.873. The minimum absolute atomic E-state index is 0.0805. The van der Waals surface area contributed by atoms with Crippen LogP contribution in [0, 0.1) is 5.92 Å². The first kappa shape index (κ1) is 18.5. The summed E-state index contributed by atoms with van der Waals surface area (Å²) >= 11 is 0. The summed E-state index contributed by atoms with van der Waals surface area (Å²) in [6.07, 6.45) is -4.32. The Morgan fingerprint density at radius 2 is 1.73 bits per heavy atom. The van der Waals surface area contributed by atoms with Crippen molar-refractivity contribution in [3.8, 4) is 0 Å². The summed E-state index contributed by atoms with van der Waals surface area (Å²) in [5.41, 5.74) is 0.0700. The Morgan fingerprint density at radius 3 is 2.18 bits per heavy atom. The van der Waals surface area contributed by atoms with E-state index in [4.69, 9.17) is 0 Å². The Morgan fingerprint density at radius 1 is 1.18 bits per heavy atom. The lowest BCUT2D eigenvalue weighted by Gasteiger charge is -2.24. The normalized spacial score (nSPS) is 13.5. The van der Waals surface area contributed by atoms with Gasteiger partial charge in [-0.3, -0.25) is 9.69 Å². The van der Waals surface area contributed by atoms with Gasteiger partial charge in [0, 0.05) is 13.1 Å². The third-order valence-electron chi connectivity index (χ3n) is 3.44. The summed E-state index contributed by atoms with van der Waals surface area (Å²) in [5.74, 6) is 0.291. The number of nitrogens with one attached hydrogen (secondary N) is 1. The van der Waals surface area contributed by atoms with Crippen molar-refractivity contribution < 1.29 is 18.0 Å². The number of benzene rings is 1. The minimum atomic E-state index is -4.32. The number of amides is 1. The zero-order chi connectivity index (χ0) is 16.9. The number of rotatable bonds is 6. The molecule has 1 N–H and O–H groups in total. The first-order valence-electron chi connectivity index (χ1n) is 7.25. The van der Waals surface area contributed by atoms with Gasteiger partial charge >= 0.3 is 6.18 Å². The molecule has 0 saturated heterocycles. The lowest BCUT2D eigenvalue weighted by atomic mass is 10.1. The van der Waals surface area contributed by atoms with E-state index in [0.717, 1.165) is 17.7 Å². The minimum Gasteiger partial charge on any atom is -0.354 e. The van der Waals surface area contributed by atoms with Crippen molar-refractivity contribution in [2.75, 3.05) is 13.6 Å². The van der Waals surface area contributed by atoms with Gasteiger partial charge in [-0.05, 0) is 37.6 Å². The third-order valence-corrected chi connectivity index (χ3v) is 3.44. The smallest absolute Gasteiger partial charge is 0.354 e. The molecular weight excluding hydrogens is 293 g/mol. The van der Waals surface area contributed by atoms with Gasteiger partial charge in [-0.1, -0.05) is 26.0 Å². The van der Waals surface area contributed by atoms with Gasteiger partial charge in [-0.15, -0.1) is 0 Å². The monoisotopic (exact) mass is 316 g/mol. The predicted molar refractivity (Wildman–Crippen MR) is 80.2 cm³/mol. The summed E-state index contributed by atoms with van der Waals surface area (Å²) in [6.45, 7) is 6.82. The van der Waals surface area contributed by atoms with Gasteiger partial charge in [-0.2, -0.15) is 13.2 Å². The average Bonchev–Trinajstić information content (AvgIpc) is 2.43. The SMILES string of the molecule is CC(C)CNC(=O)C(C)N(C)Cc1ccc(C(F)(F)F)cc1. The number of hydrogen-bond acceptors (Lipinski definition) is 2. The Hall–Kier alpha value is -1.56. The Labute approximate surface area is 129 Å². The molecule has 0 spiro atoms. The van der Waals surface area contributed by atoms with E-state index in [0.29, 0.717) is 19.0 Å². The van der Waals surface area contributed by atoms with Crippen molar-refractivity contribution in [3.05, 3.63) is 35.4 Å². The average molecular weight is 316 g/mol. The largest absolute Gasteiger partial charge is 0.416 e. The van der Waals surface area contributed by atoms with Crippen LogP contribution in [0.5, 0.6) is 0 Å². The Balaban J connectivity index is 2.60. The molecule has 0 fully saturated rings. The number of halogens is 3. The second kappa shape index (κ2) is 7.63. The van der Waals surface area contributed by atoms with Gasteiger partial charge in [0.1, 0.15) is 0 Å². The molecule has 1 aromatic carbocycles. The molecule has 1 amide bonds. The van der Waals surface area contributed by atoms with E-state index < -0.39 is 11.7 Å². The molecule has 22 heavy (non-hydrogen) atoms. The van der Waals surface area contributed by atoms with Crippen LogP contribution in [0.1, 0.15) is 31.9 Å². The van der Waals surface area contributed by atoms with E-state index in [1.165, 1.54) is 12.1 Å². The fourth-order valence-corrected chi connectivity index (χ4v) is 1.88. The molecule has 1 atom stereocenters. The van der Waals surface area contributed by atoms with Gasteiger partial charge in [0.2, 0.25) is 5.91 Å². The first-order chi connectivity index (χ1) is 10.1. The number of hydrogen-bond donors (Lipinski definition) is 1. The lowest BCUT2D eigenvalue weighted by Crippen LogP contribution is -2.43. The van der Waals surface area contributed by atoms with Crippen molar-refractivity contribution in [3.63, 3.8) is 0 Å². The van der Waals surface area contributed by atoms with Crippen LogP contribution in [0.15, 0.2) is 24.3 Å². The summed E-state index contributed by atoms with van der Waals surface area (Å²) in [5, 5.41) is 2.85.